The molecule has 1 aliphatic carbocycles. The van der Waals surface area contributed by atoms with E-state index in [1.54, 1.807) is 60.7 Å². The maximum Gasteiger partial charge on any atom is 0.138 e. The molecule has 0 saturated heterocycles. The van der Waals surface area contributed by atoms with E-state index < -0.39 is 0 Å². The summed E-state index contributed by atoms with van der Waals surface area (Å²) in [5.74, 6) is 0. The molecule has 0 heterocycles. The van der Waals surface area contributed by atoms with E-state index >= 15 is 0 Å². The Morgan fingerprint density at radius 3 is 1.13 bits per heavy atom. The van der Waals surface area contributed by atoms with Gasteiger partial charge in [-0.1, -0.05) is 24.3 Å². The summed E-state index contributed by atoms with van der Waals surface area (Å²) in [4.78, 5) is 0. The first kappa shape index (κ1) is 23.3. The number of nitrogens with zero attached hydrogens (tertiary/aromatic N) is 6. The van der Waals surface area contributed by atoms with Crippen LogP contribution >= 0.6 is 0 Å². The Kier molecular flexibility index (Phi) is 5.71. The van der Waals surface area contributed by atoms with Crippen molar-refractivity contribution in [2.75, 3.05) is 0 Å². The van der Waals surface area contributed by atoms with Gasteiger partial charge in [0.2, 0.25) is 0 Å². The highest BCUT2D eigenvalue weighted by molar-refractivity contribution is 6.07. The van der Waals surface area contributed by atoms with E-state index in [-0.39, 0.29) is 5.57 Å². The number of nitriles is 6. The third-order valence-electron chi connectivity index (χ3n) is 6.51. The molecule has 0 amide bonds. The monoisotopic (exact) mass is 480 g/mol. The summed E-state index contributed by atoms with van der Waals surface area (Å²) < 4.78 is 0. The topological polar surface area (TPSA) is 143 Å². The summed E-state index contributed by atoms with van der Waals surface area (Å²) in [5, 5.41) is 57.7. The van der Waals surface area contributed by atoms with Crippen LogP contribution in [0.25, 0.3) is 39.0 Å². The van der Waals surface area contributed by atoms with Crippen molar-refractivity contribution in [3.05, 3.63) is 112 Å². The molecule has 1 aliphatic rings. The summed E-state index contributed by atoms with van der Waals surface area (Å²) in [6.45, 7) is 0. The predicted molar refractivity (Wildman–Crippen MR) is 139 cm³/mol. The van der Waals surface area contributed by atoms with Crippen molar-refractivity contribution in [2.24, 2.45) is 0 Å². The normalized spacial score (nSPS) is 10.4. The van der Waals surface area contributed by atoms with Gasteiger partial charge in [-0.15, -0.1) is 0 Å². The number of rotatable bonds is 2. The Balaban J connectivity index is 1.84. The van der Waals surface area contributed by atoms with E-state index in [0.29, 0.717) is 50.1 Å². The summed E-state index contributed by atoms with van der Waals surface area (Å²) >= 11 is 0. The minimum Gasteiger partial charge on any atom is -0.192 e. The Morgan fingerprint density at radius 2 is 0.816 bits per heavy atom. The standard InChI is InChI=1S/C32H12N6/c33-13-19-1-5-21(6-2-19)26-11-28-29-12-27(22-7-3-20(14-34)4-8-22)24(16-36)10-31(29)32(25(17-37)18-38)30(28)9-23(26)15-35/h1-12H. The minimum atomic E-state index is -0.116. The van der Waals surface area contributed by atoms with Crippen LogP contribution < -0.4 is 0 Å². The zero-order chi connectivity index (χ0) is 26.8. The van der Waals surface area contributed by atoms with Gasteiger partial charge in [0.25, 0.3) is 0 Å². The molecular formula is C32H12N6. The van der Waals surface area contributed by atoms with Crippen molar-refractivity contribution in [1.82, 2.24) is 0 Å². The molecule has 0 saturated carbocycles. The van der Waals surface area contributed by atoms with Crippen LogP contribution in [-0.4, -0.2) is 0 Å². The second kappa shape index (κ2) is 9.31. The molecular weight excluding hydrogens is 468 g/mol. The van der Waals surface area contributed by atoms with Gasteiger partial charge in [0.05, 0.1) is 46.5 Å². The predicted octanol–water partition coefficient (Wildman–Crippen LogP) is 6.34. The molecule has 0 fully saturated rings. The average Bonchev–Trinajstić information content (AvgIpc) is 3.28. The van der Waals surface area contributed by atoms with Gasteiger partial charge in [0.15, 0.2) is 0 Å². The van der Waals surface area contributed by atoms with Gasteiger partial charge in [0.1, 0.15) is 17.7 Å². The first-order valence-electron chi connectivity index (χ1n) is 11.3. The van der Waals surface area contributed by atoms with E-state index in [0.717, 1.165) is 22.3 Å². The number of benzene rings is 4. The molecule has 170 valence electrons. The fraction of sp³-hybridized carbons (Fsp3) is 0. The van der Waals surface area contributed by atoms with Crippen LogP contribution in [0.2, 0.25) is 0 Å². The first-order valence-corrected chi connectivity index (χ1v) is 11.3. The summed E-state index contributed by atoms with van der Waals surface area (Å²) in [6, 6.07) is 33.3. The van der Waals surface area contributed by atoms with Crippen molar-refractivity contribution in [1.29, 1.82) is 31.6 Å². The highest BCUT2D eigenvalue weighted by Crippen LogP contribution is 2.49. The van der Waals surface area contributed by atoms with Gasteiger partial charge < -0.3 is 0 Å². The summed E-state index contributed by atoms with van der Waals surface area (Å²) in [5.41, 5.74) is 7.27. The molecule has 4 aromatic carbocycles. The highest BCUT2D eigenvalue weighted by atomic mass is 14.4. The zero-order valence-electron chi connectivity index (χ0n) is 19.6. The Bertz CT molecular complexity index is 1810. The van der Waals surface area contributed by atoms with Crippen LogP contribution in [0.5, 0.6) is 0 Å². The molecule has 0 unspecified atom stereocenters. The lowest BCUT2D eigenvalue weighted by molar-refractivity contribution is 1.44. The van der Waals surface area contributed by atoms with E-state index in [4.69, 9.17) is 10.5 Å². The molecule has 0 radical (unpaired) electrons. The smallest absolute Gasteiger partial charge is 0.138 e. The van der Waals surface area contributed by atoms with Crippen LogP contribution in [0.3, 0.4) is 0 Å². The van der Waals surface area contributed by atoms with Gasteiger partial charge in [0, 0.05) is 16.7 Å². The SMILES string of the molecule is N#CC(C#N)=C1c2cc(C#N)c(-c3ccc(C#N)cc3)cc2-c2cc(-c3ccc(C#N)cc3)c(C#N)cc21. The van der Waals surface area contributed by atoms with Crippen molar-refractivity contribution < 1.29 is 0 Å². The van der Waals surface area contributed by atoms with Crippen molar-refractivity contribution >= 4 is 5.57 Å². The Morgan fingerprint density at radius 1 is 0.421 bits per heavy atom. The summed E-state index contributed by atoms with van der Waals surface area (Å²) in [7, 11) is 0. The molecule has 6 heteroatoms. The molecule has 5 rings (SSSR count). The summed E-state index contributed by atoms with van der Waals surface area (Å²) in [6.07, 6.45) is 0. The molecule has 0 aromatic heterocycles. The van der Waals surface area contributed by atoms with Crippen LogP contribution in [0.4, 0.5) is 0 Å². The van der Waals surface area contributed by atoms with E-state index in [9.17, 15) is 21.0 Å². The van der Waals surface area contributed by atoms with Gasteiger partial charge in [-0.3, -0.25) is 0 Å². The molecule has 0 atom stereocenters. The van der Waals surface area contributed by atoms with Crippen molar-refractivity contribution in [3.63, 3.8) is 0 Å². The van der Waals surface area contributed by atoms with Gasteiger partial charge in [-0.25, -0.2) is 0 Å². The second-order valence-electron chi connectivity index (χ2n) is 8.46. The highest BCUT2D eigenvalue weighted by Gasteiger charge is 2.30. The van der Waals surface area contributed by atoms with Crippen LogP contribution in [0.1, 0.15) is 33.4 Å². The molecule has 38 heavy (non-hydrogen) atoms. The minimum absolute atomic E-state index is 0.116. The van der Waals surface area contributed by atoms with E-state index in [1.165, 1.54) is 0 Å². The Labute approximate surface area is 218 Å². The lowest BCUT2D eigenvalue weighted by atomic mass is 9.91. The maximum absolute atomic E-state index is 9.97. The molecule has 0 N–H and O–H groups in total. The Hall–Kier alpha value is -6.44. The second-order valence-corrected chi connectivity index (χ2v) is 8.46. The fourth-order valence-electron chi connectivity index (χ4n) is 4.72. The molecule has 0 aliphatic heterocycles. The number of hydrogen-bond donors (Lipinski definition) is 0. The van der Waals surface area contributed by atoms with E-state index in [1.807, 2.05) is 24.3 Å². The van der Waals surface area contributed by atoms with Gasteiger partial charge in [-0.2, -0.15) is 31.6 Å². The third-order valence-corrected chi connectivity index (χ3v) is 6.51. The molecule has 6 nitrogen and oxygen atoms in total. The average molecular weight is 480 g/mol. The molecule has 0 spiro atoms. The largest absolute Gasteiger partial charge is 0.192 e. The van der Waals surface area contributed by atoms with E-state index in [2.05, 4.69) is 24.3 Å². The third kappa shape index (κ3) is 3.62. The van der Waals surface area contributed by atoms with Crippen molar-refractivity contribution in [2.45, 2.75) is 0 Å². The zero-order valence-corrected chi connectivity index (χ0v) is 19.6. The lowest BCUT2D eigenvalue weighted by Gasteiger charge is -2.11. The maximum atomic E-state index is 9.97. The quantitative estimate of drug-likeness (QED) is 0.270. The number of hydrogen-bond acceptors (Lipinski definition) is 6. The fourth-order valence-corrected chi connectivity index (χ4v) is 4.72. The number of fused-ring (bicyclic) bond motifs is 3. The lowest BCUT2D eigenvalue weighted by Crippen LogP contribution is -1.92. The molecule has 4 aromatic rings. The van der Waals surface area contributed by atoms with Gasteiger partial charge >= 0.3 is 0 Å². The van der Waals surface area contributed by atoms with Gasteiger partial charge in [-0.05, 0) is 81.9 Å². The first-order chi connectivity index (χ1) is 18.6. The van der Waals surface area contributed by atoms with Crippen LogP contribution in [0, 0.1) is 68.0 Å². The van der Waals surface area contributed by atoms with Crippen LogP contribution in [0.15, 0.2) is 78.4 Å². The molecule has 0 bridgehead atoms. The number of allylic oxidation sites excluding steroid dienone is 1. The van der Waals surface area contributed by atoms with Crippen LogP contribution in [-0.2, 0) is 0 Å². The van der Waals surface area contributed by atoms with Crippen molar-refractivity contribution in [3.8, 4) is 69.8 Å².